The van der Waals surface area contributed by atoms with Gasteiger partial charge in [-0.25, -0.2) is 13.2 Å². The Morgan fingerprint density at radius 3 is 2.24 bits per heavy atom. The number of halogens is 3. The Morgan fingerprint density at radius 1 is 1.15 bits per heavy atom. The van der Waals surface area contributed by atoms with Crippen molar-refractivity contribution in [2.24, 2.45) is 0 Å². The summed E-state index contributed by atoms with van der Waals surface area (Å²) in [6.45, 7) is 4.83. The van der Waals surface area contributed by atoms with Gasteiger partial charge in [0.15, 0.2) is 0 Å². The number of carbonyl (C=O) groups is 2. The highest BCUT2D eigenvalue weighted by Crippen LogP contribution is 2.25. The molecule has 0 spiro atoms. The van der Waals surface area contributed by atoms with Gasteiger partial charge in [-0.1, -0.05) is 43.3 Å². The highest BCUT2D eigenvalue weighted by molar-refractivity contribution is 7.91. The minimum absolute atomic E-state index is 0.0169. The monoisotopic (exact) mass is 521 g/mol. The fourth-order valence-corrected chi connectivity index (χ4v) is 5.77. The van der Waals surface area contributed by atoms with E-state index >= 15 is 0 Å². The molecule has 1 fully saturated rings. The number of nitrogens with zero attached hydrogens (tertiary/aromatic N) is 2. The number of carboxylic acid groups (broad SMARTS) is 1. The summed E-state index contributed by atoms with van der Waals surface area (Å²) in [5.74, 6) is -2.92. The first-order valence-corrected chi connectivity index (χ1v) is 12.6. The van der Waals surface area contributed by atoms with Crippen LogP contribution in [0.15, 0.2) is 52.1 Å². The second-order valence-electron chi connectivity index (χ2n) is 7.48. The largest absolute Gasteiger partial charge is 0.490 e. The van der Waals surface area contributed by atoms with Gasteiger partial charge >= 0.3 is 12.1 Å². The van der Waals surface area contributed by atoms with Gasteiger partial charge in [0.1, 0.15) is 4.21 Å². The number of carboxylic acids is 1. The number of hydrogen-bond acceptors (Lipinski definition) is 6. The molecule has 2 heterocycles. The summed E-state index contributed by atoms with van der Waals surface area (Å²) in [6.07, 6.45) is -5.08. The number of nitrogens with one attached hydrogen (secondary N) is 1. The van der Waals surface area contributed by atoms with E-state index in [1.807, 2.05) is 37.3 Å². The van der Waals surface area contributed by atoms with Gasteiger partial charge in [-0.15, -0.1) is 11.3 Å². The Hall–Kier alpha value is -2.48. The van der Waals surface area contributed by atoms with Crippen LogP contribution in [0.3, 0.4) is 0 Å². The van der Waals surface area contributed by atoms with Crippen molar-refractivity contribution in [3.63, 3.8) is 0 Å². The summed E-state index contributed by atoms with van der Waals surface area (Å²) in [5.41, 5.74) is 1.05. The van der Waals surface area contributed by atoms with Gasteiger partial charge in [0.05, 0.1) is 6.54 Å². The highest BCUT2D eigenvalue weighted by atomic mass is 32.2. The molecular formula is C21H26F3N3O5S2. The molecule has 1 aliphatic rings. The molecule has 34 heavy (non-hydrogen) atoms. The predicted molar refractivity (Wildman–Crippen MR) is 121 cm³/mol. The molecule has 2 aromatic rings. The third-order valence-corrected chi connectivity index (χ3v) is 8.14. The predicted octanol–water partition coefficient (Wildman–Crippen LogP) is 2.61. The minimum atomic E-state index is -5.08. The lowest BCUT2D eigenvalue weighted by Crippen LogP contribution is -2.50. The first kappa shape index (κ1) is 27.8. The van der Waals surface area contributed by atoms with Gasteiger partial charge in [0, 0.05) is 32.7 Å². The molecule has 1 aliphatic heterocycles. The van der Waals surface area contributed by atoms with Gasteiger partial charge < -0.3 is 15.3 Å². The zero-order valence-corrected chi connectivity index (χ0v) is 20.0. The molecule has 0 saturated carbocycles. The van der Waals surface area contributed by atoms with Gasteiger partial charge in [0.2, 0.25) is 5.91 Å². The number of amides is 1. The zero-order valence-electron chi connectivity index (χ0n) is 18.4. The zero-order chi connectivity index (χ0) is 25.4. The minimum Gasteiger partial charge on any atom is -0.475 e. The lowest BCUT2D eigenvalue weighted by molar-refractivity contribution is -0.192. The van der Waals surface area contributed by atoms with Gasteiger partial charge in [-0.05, 0) is 22.9 Å². The molecule has 1 atom stereocenters. The molecular weight excluding hydrogens is 495 g/mol. The molecule has 0 bridgehead atoms. The smallest absolute Gasteiger partial charge is 0.475 e. The summed E-state index contributed by atoms with van der Waals surface area (Å²) in [5, 5.41) is 12.1. The average molecular weight is 522 g/mol. The fraction of sp³-hybridized carbons (Fsp3) is 0.429. The second kappa shape index (κ2) is 12.3. The van der Waals surface area contributed by atoms with Crippen molar-refractivity contribution in [3.05, 3.63) is 53.4 Å². The number of benzene rings is 1. The molecule has 2 N–H and O–H groups in total. The van der Waals surface area contributed by atoms with E-state index < -0.39 is 22.2 Å². The van der Waals surface area contributed by atoms with E-state index in [1.54, 1.807) is 22.4 Å². The number of hydrogen-bond donors (Lipinski definition) is 2. The van der Waals surface area contributed by atoms with Crippen LogP contribution in [0.2, 0.25) is 0 Å². The SMILES string of the molecule is CC(CN(CC(=O)N1CCNCC1)S(=O)(=O)c1cccs1)c1ccccc1.O=C(O)C(F)(F)F. The van der Waals surface area contributed by atoms with Gasteiger partial charge in [0.25, 0.3) is 10.0 Å². The van der Waals surface area contributed by atoms with Crippen LogP contribution in [0.25, 0.3) is 0 Å². The van der Waals surface area contributed by atoms with Crippen molar-refractivity contribution < 1.29 is 36.3 Å². The maximum absolute atomic E-state index is 13.1. The third kappa shape index (κ3) is 8.08. The van der Waals surface area contributed by atoms with Crippen LogP contribution >= 0.6 is 11.3 Å². The van der Waals surface area contributed by atoms with Crippen molar-refractivity contribution >= 4 is 33.2 Å². The molecule has 188 valence electrons. The Labute approximate surface area is 200 Å². The fourth-order valence-electron chi connectivity index (χ4n) is 3.14. The summed E-state index contributed by atoms with van der Waals surface area (Å²) < 4.78 is 59.6. The van der Waals surface area contributed by atoms with E-state index in [0.29, 0.717) is 13.1 Å². The molecule has 3 rings (SSSR count). The van der Waals surface area contributed by atoms with Crippen LogP contribution < -0.4 is 5.32 Å². The molecule has 1 amide bonds. The van der Waals surface area contributed by atoms with E-state index in [9.17, 15) is 26.4 Å². The molecule has 0 aliphatic carbocycles. The average Bonchev–Trinajstić information content (AvgIpc) is 3.35. The van der Waals surface area contributed by atoms with Crippen LogP contribution in [0, 0.1) is 0 Å². The maximum Gasteiger partial charge on any atom is 0.490 e. The van der Waals surface area contributed by atoms with Crippen molar-refractivity contribution in [2.45, 2.75) is 23.2 Å². The van der Waals surface area contributed by atoms with E-state index in [1.165, 1.54) is 15.6 Å². The lowest BCUT2D eigenvalue weighted by atomic mass is 10.0. The van der Waals surface area contributed by atoms with Crippen LogP contribution in [0.1, 0.15) is 18.4 Å². The molecule has 0 radical (unpaired) electrons. The van der Waals surface area contributed by atoms with E-state index in [-0.39, 0.29) is 29.1 Å². The summed E-state index contributed by atoms with van der Waals surface area (Å²) in [7, 11) is -3.71. The molecule has 13 heteroatoms. The Bertz CT molecular complexity index is 1030. The second-order valence-corrected chi connectivity index (χ2v) is 10.6. The summed E-state index contributed by atoms with van der Waals surface area (Å²) >= 11 is 1.18. The van der Waals surface area contributed by atoms with Crippen LogP contribution in [0.5, 0.6) is 0 Å². The van der Waals surface area contributed by atoms with Crippen molar-refractivity contribution in [3.8, 4) is 0 Å². The Kier molecular flexibility index (Phi) is 10.0. The lowest BCUT2D eigenvalue weighted by Gasteiger charge is -2.31. The number of thiophene rings is 1. The maximum atomic E-state index is 13.1. The quantitative estimate of drug-likeness (QED) is 0.580. The number of alkyl halides is 3. The van der Waals surface area contributed by atoms with Gasteiger partial charge in [-0.3, -0.25) is 4.79 Å². The van der Waals surface area contributed by atoms with Gasteiger partial charge in [-0.2, -0.15) is 17.5 Å². The molecule has 8 nitrogen and oxygen atoms in total. The number of carbonyl (C=O) groups excluding carboxylic acids is 1. The number of rotatable bonds is 7. The number of aliphatic carboxylic acids is 1. The highest BCUT2D eigenvalue weighted by Gasteiger charge is 2.38. The van der Waals surface area contributed by atoms with Crippen molar-refractivity contribution in [1.82, 2.24) is 14.5 Å². The normalized spacial score (nSPS) is 15.4. The Morgan fingerprint density at radius 2 is 1.74 bits per heavy atom. The van der Waals surface area contributed by atoms with Crippen LogP contribution in [-0.4, -0.2) is 80.1 Å². The third-order valence-electron chi connectivity index (χ3n) is 4.96. The molecule has 1 aromatic heterocycles. The molecule has 1 aromatic carbocycles. The van der Waals surface area contributed by atoms with Crippen LogP contribution in [-0.2, 0) is 19.6 Å². The Balaban J connectivity index is 0.000000509. The van der Waals surface area contributed by atoms with E-state index in [0.717, 1.165) is 18.7 Å². The number of sulfonamides is 1. The topological polar surface area (TPSA) is 107 Å². The van der Waals surface area contributed by atoms with Crippen molar-refractivity contribution in [2.75, 3.05) is 39.3 Å². The van der Waals surface area contributed by atoms with E-state index in [2.05, 4.69) is 5.32 Å². The number of piperazine rings is 1. The van der Waals surface area contributed by atoms with E-state index in [4.69, 9.17) is 9.90 Å². The first-order chi connectivity index (χ1) is 15.9. The van der Waals surface area contributed by atoms with Crippen LogP contribution in [0.4, 0.5) is 13.2 Å². The standard InChI is InChI=1S/C19H25N3O3S2.C2HF3O2/c1-16(17-6-3-2-4-7-17)14-22(27(24,25)19-8-5-13-26-19)15-18(23)21-11-9-20-10-12-21;3-2(4,5)1(6)7/h2-8,13,16,20H,9-12,14-15H2,1H3;(H,6,7). The molecule has 1 saturated heterocycles. The summed E-state index contributed by atoms with van der Waals surface area (Å²) in [6, 6.07) is 13.1. The summed E-state index contributed by atoms with van der Waals surface area (Å²) in [4.78, 5) is 23.4. The molecule has 1 unspecified atom stereocenters. The first-order valence-electron chi connectivity index (χ1n) is 10.3. The van der Waals surface area contributed by atoms with Crippen molar-refractivity contribution in [1.29, 1.82) is 0 Å².